The maximum Gasteiger partial charge on any atom is 0.122 e. The molecule has 1 aromatic carbocycles. The first-order chi connectivity index (χ1) is 7.86. The third-order valence-electron chi connectivity index (χ3n) is 2.71. The zero-order valence-corrected chi connectivity index (χ0v) is 9.86. The summed E-state index contributed by atoms with van der Waals surface area (Å²) in [7, 11) is 1.72. The van der Waals surface area contributed by atoms with Crippen LogP contribution in [-0.4, -0.2) is 18.2 Å². The quantitative estimate of drug-likeness (QED) is 0.833. The van der Waals surface area contributed by atoms with Crippen molar-refractivity contribution in [1.29, 1.82) is 0 Å². The van der Waals surface area contributed by atoms with Crippen molar-refractivity contribution in [2.45, 2.75) is 20.2 Å². The van der Waals surface area contributed by atoms with Gasteiger partial charge in [-0.2, -0.15) is 0 Å². The summed E-state index contributed by atoms with van der Waals surface area (Å²) in [6.45, 7) is 4.61. The third kappa shape index (κ3) is 2.10. The van der Waals surface area contributed by atoms with Gasteiger partial charge in [0.2, 0.25) is 0 Å². The number of rotatable bonds is 5. The van der Waals surface area contributed by atoms with Crippen LogP contribution in [0.15, 0.2) is 30.5 Å². The van der Waals surface area contributed by atoms with Gasteiger partial charge in [0.05, 0.1) is 5.52 Å². The van der Waals surface area contributed by atoms with Gasteiger partial charge in [0.15, 0.2) is 0 Å². The van der Waals surface area contributed by atoms with Crippen LogP contribution in [0.25, 0.3) is 10.9 Å². The fourth-order valence-corrected chi connectivity index (χ4v) is 1.99. The molecule has 0 unspecified atom stereocenters. The SMILES string of the molecule is CCNCc1cccc2ccn(COC)c12. The Bertz CT molecular complexity index is 462. The highest BCUT2D eigenvalue weighted by molar-refractivity contribution is 5.83. The van der Waals surface area contributed by atoms with Crippen LogP contribution in [0.1, 0.15) is 12.5 Å². The van der Waals surface area contributed by atoms with Crippen LogP contribution in [0.3, 0.4) is 0 Å². The first-order valence-corrected chi connectivity index (χ1v) is 5.63. The molecule has 0 spiro atoms. The molecule has 0 aliphatic rings. The Kier molecular flexibility index (Phi) is 3.59. The van der Waals surface area contributed by atoms with E-state index in [1.807, 2.05) is 0 Å². The van der Waals surface area contributed by atoms with Gasteiger partial charge in [0, 0.05) is 19.9 Å². The monoisotopic (exact) mass is 218 g/mol. The largest absolute Gasteiger partial charge is 0.364 e. The third-order valence-corrected chi connectivity index (χ3v) is 2.71. The highest BCUT2D eigenvalue weighted by atomic mass is 16.5. The number of methoxy groups -OCH3 is 1. The van der Waals surface area contributed by atoms with Crippen molar-refractivity contribution in [2.24, 2.45) is 0 Å². The Morgan fingerprint density at radius 1 is 1.31 bits per heavy atom. The van der Waals surface area contributed by atoms with E-state index in [1.54, 1.807) is 7.11 Å². The molecule has 0 radical (unpaired) electrons. The summed E-state index contributed by atoms with van der Waals surface area (Å²) in [6, 6.07) is 8.53. The van der Waals surface area contributed by atoms with Gasteiger partial charge in [-0.3, -0.25) is 0 Å². The van der Waals surface area contributed by atoms with E-state index < -0.39 is 0 Å². The molecule has 2 rings (SSSR count). The standard InChI is InChI=1S/C13H18N2O/c1-3-14-9-12-6-4-5-11-7-8-15(10-16-2)13(11)12/h4-8,14H,3,9-10H2,1-2H3. The molecule has 3 nitrogen and oxygen atoms in total. The predicted octanol–water partition coefficient (Wildman–Crippen LogP) is 2.35. The molecule has 86 valence electrons. The molecule has 0 aliphatic heterocycles. The number of nitrogens with zero attached hydrogens (tertiary/aromatic N) is 1. The van der Waals surface area contributed by atoms with Crippen molar-refractivity contribution in [3.63, 3.8) is 0 Å². The summed E-state index contributed by atoms with van der Waals surface area (Å²) in [5.41, 5.74) is 2.59. The molecule has 0 saturated carbocycles. The van der Waals surface area contributed by atoms with Gasteiger partial charge >= 0.3 is 0 Å². The van der Waals surface area contributed by atoms with Crippen molar-refractivity contribution in [3.8, 4) is 0 Å². The molecule has 0 fully saturated rings. The van der Waals surface area contributed by atoms with Gasteiger partial charge in [0.25, 0.3) is 0 Å². The highest BCUT2D eigenvalue weighted by Gasteiger charge is 2.05. The van der Waals surface area contributed by atoms with Crippen LogP contribution in [0.4, 0.5) is 0 Å². The maximum atomic E-state index is 5.20. The molecular formula is C13H18N2O. The average Bonchev–Trinajstić information content (AvgIpc) is 2.71. The van der Waals surface area contributed by atoms with Crippen LogP contribution in [0.2, 0.25) is 0 Å². The van der Waals surface area contributed by atoms with Gasteiger partial charge in [-0.1, -0.05) is 25.1 Å². The topological polar surface area (TPSA) is 26.2 Å². The van der Waals surface area contributed by atoms with Gasteiger partial charge in [-0.15, -0.1) is 0 Å². The fourth-order valence-electron chi connectivity index (χ4n) is 1.99. The Morgan fingerprint density at radius 2 is 2.19 bits per heavy atom. The molecule has 0 bridgehead atoms. The molecule has 2 aromatic rings. The minimum atomic E-state index is 0.604. The normalized spacial score (nSPS) is 11.1. The first-order valence-electron chi connectivity index (χ1n) is 5.63. The number of nitrogens with one attached hydrogen (secondary N) is 1. The lowest BCUT2D eigenvalue weighted by Crippen LogP contribution is -2.13. The molecule has 0 amide bonds. The zero-order chi connectivity index (χ0) is 11.4. The number of hydrogen-bond acceptors (Lipinski definition) is 2. The molecule has 0 saturated heterocycles. The van der Waals surface area contributed by atoms with Crippen LogP contribution < -0.4 is 5.32 Å². The fraction of sp³-hybridized carbons (Fsp3) is 0.385. The van der Waals surface area contributed by atoms with Gasteiger partial charge < -0.3 is 14.6 Å². The minimum Gasteiger partial charge on any atom is -0.364 e. The predicted molar refractivity (Wildman–Crippen MR) is 66.3 cm³/mol. The van der Waals surface area contributed by atoms with Gasteiger partial charge in [-0.25, -0.2) is 0 Å². The second-order valence-corrected chi connectivity index (χ2v) is 3.84. The van der Waals surface area contributed by atoms with Crippen molar-refractivity contribution >= 4 is 10.9 Å². The van der Waals surface area contributed by atoms with E-state index in [2.05, 4.69) is 47.3 Å². The summed E-state index contributed by atoms with van der Waals surface area (Å²) in [5, 5.41) is 4.63. The number of aromatic nitrogens is 1. The Morgan fingerprint density at radius 3 is 2.94 bits per heavy atom. The maximum absolute atomic E-state index is 5.20. The van der Waals surface area contributed by atoms with Crippen molar-refractivity contribution in [1.82, 2.24) is 9.88 Å². The van der Waals surface area contributed by atoms with Crippen LogP contribution in [-0.2, 0) is 18.0 Å². The van der Waals surface area contributed by atoms with Crippen LogP contribution in [0, 0.1) is 0 Å². The van der Waals surface area contributed by atoms with Crippen molar-refractivity contribution in [2.75, 3.05) is 13.7 Å². The second-order valence-electron chi connectivity index (χ2n) is 3.84. The average molecular weight is 218 g/mol. The Labute approximate surface area is 96.0 Å². The number of para-hydroxylation sites is 1. The molecule has 0 atom stereocenters. The smallest absolute Gasteiger partial charge is 0.122 e. The highest BCUT2D eigenvalue weighted by Crippen LogP contribution is 2.20. The molecule has 1 aromatic heterocycles. The summed E-state index contributed by atoms with van der Waals surface area (Å²) >= 11 is 0. The number of benzene rings is 1. The van der Waals surface area contributed by atoms with E-state index in [0.717, 1.165) is 13.1 Å². The molecule has 3 heteroatoms. The molecular weight excluding hydrogens is 200 g/mol. The van der Waals surface area contributed by atoms with E-state index in [-0.39, 0.29) is 0 Å². The Hall–Kier alpha value is -1.32. The molecule has 0 aliphatic carbocycles. The van der Waals surface area contributed by atoms with Gasteiger partial charge in [0.1, 0.15) is 6.73 Å². The Balaban J connectivity index is 2.41. The molecule has 1 heterocycles. The second kappa shape index (κ2) is 5.14. The van der Waals surface area contributed by atoms with E-state index in [0.29, 0.717) is 6.73 Å². The number of fused-ring (bicyclic) bond motifs is 1. The minimum absolute atomic E-state index is 0.604. The molecule has 16 heavy (non-hydrogen) atoms. The van der Waals surface area contributed by atoms with Crippen molar-refractivity contribution < 1.29 is 4.74 Å². The molecule has 1 N–H and O–H groups in total. The number of ether oxygens (including phenoxy) is 1. The lowest BCUT2D eigenvalue weighted by molar-refractivity contribution is 0.135. The van der Waals surface area contributed by atoms with Crippen LogP contribution in [0.5, 0.6) is 0 Å². The summed E-state index contributed by atoms with van der Waals surface area (Å²) < 4.78 is 7.34. The van der Waals surface area contributed by atoms with Crippen molar-refractivity contribution in [3.05, 3.63) is 36.0 Å². The van der Waals surface area contributed by atoms with E-state index in [4.69, 9.17) is 4.74 Å². The van der Waals surface area contributed by atoms with Crippen LogP contribution >= 0.6 is 0 Å². The number of hydrogen-bond donors (Lipinski definition) is 1. The lowest BCUT2D eigenvalue weighted by Gasteiger charge is -2.09. The summed E-state index contributed by atoms with van der Waals surface area (Å²) in [4.78, 5) is 0. The summed E-state index contributed by atoms with van der Waals surface area (Å²) in [5.74, 6) is 0. The van der Waals surface area contributed by atoms with E-state index in [1.165, 1.54) is 16.5 Å². The lowest BCUT2D eigenvalue weighted by atomic mass is 10.1. The van der Waals surface area contributed by atoms with Gasteiger partial charge in [-0.05, 0) is 23.6 Å². The zero-order valence-electron chi connectivity index (χ0n) is 9.86. The summed E-state index contributed by atoms with van der Waals surface area (Å²) in [6.07, 6.45) is 2.07. The first kappa shape index (κ1) is 11.2. The van der Waals surface area contributed by atoms with E-state index in [9.17, 15) is 0 Å². The van der Waals surface area contributed by atoms with E-state index >= 15 is 0 Å².